The highest BCUT2D eigenvalue weighted by Crippen LogP contribution is 2.43. The van der Waals surface area contributed by atoms with Crippen LogP contribution in [-0.2, 0) is 0 Å². The van der Waals surface area contributed by atoms with Crippen LogP contribution in [0.2, 0.25) is 0 Å². The minimum atomic E-state index is -0.197. The van der Waals surface area contributed by atoms with Crippen molar-refractivity contribution in [3.63, 3.8) is 0 Å². The van der Waals surface area contributed by atoms with Crippen LogP contribution >= 0.6 is 0 Å². The molecule has 3 aromatic rings. The molecular weight excluding hydrogens is 324 g/mol. The van der Waals surface area contributed by atoms with Crippen LogP contribution < -0.4 is 9.47 Å². The molecule has 3 rings (SSSR count). The molecule has 0 spiro atoms. The van der Waals surface area contributed by atoms with E-state index in [-0.39, 0.29) is 34.3 Å². The fourth-order valence-electron chi connectivity index (χ4n) is 2.85. The molecule has 6 nitrogen and oxygen atoms in total. The fraction of sp³-hybridized carbons (Fsp3) is 0.105. The van der Waals surface area contributed by atoms with Crippen molar-refractivity contribution >= 4 is 17.1 Å². The summed E-state index contributed by atoms with van der Waals surface area (Å²) in [5.41, 5.74) is 1.04. The highest BCUT2D eigenvalue weighted by Gasteiger charge is 2.18. The molecule has 0 saturated carbocycles. The Morgan fingerprint density at radius 1 is 0.840 bits per heavy atom. The molecule has 0 radical (unpaired) electrons. The first-order chi connectivity index (χ1) is 12.0. The van der Waals surface area contributed by atoms with Gasteiger partial charge in [0.05, 0.1) is 19.8 Å². The summed E-state index contributed by atoms with van der Waals surface area (Å²) >= 11 is 0. The van der Waals surface area contributed by atoms with Crippen molar-refractivity contribution in [2.45, 2.75) is 0 Å². The van der Waals surface area contributed by atoms with Crippen LogP contribution in [0.4, 0.5) is 0 Å². The lowest BCUT2D eigenvalue weighted by molar-refractivity contribution is 0.112. The summed E-state index contributed by atoms with van der Waals surface area (Å²) in [5.74, 6) is 0.137. The Morgan fingerprint density at radius 2 is 1.52 bits per heavy atom. The molecule has 0 amide bonds. The van der Waals surface area contributed by atoms with E-state index in [4.69, 9.17) is 9.47 Å². The van der Waals surface area contributed by atoms with Crippen molar-refractivity contribution in [2.24, 2.45) is 0 Å². The Bertz CT molecular complexity index is 978. The number of benzene rings is 3. The van der Waals surface area contributed by atoms with Gasteiger partial charge < -0.3 is 24.8 Å². The number of methoxy groups -OCH3 is 2. The van der Waals surface area contributed by atoms with Crippen molar-refractivity contribution in [3.05, 3.63) is 42.0 Å². The monoisotopic (exact) mass is 340 g/mol. The van der Waals surface area contributed by atoms with Crippen molar-refractivity contribution in [2.75, 3.05) is 14.2 Å². The first-order valence-electron chi connectivity index (χ1n) is 7.39. The van der Waals surface area contributed by atoms with Gasteiger partial charge in [-0.1, -0.05) is 6.07 Å². The second-order valence-corrected chi connectivity index (χ2v) is 5.43. The molecule has 6 heteroatoms. The van der Waals surface area contributed by atoms with Crippen molar-refractivity contribution in [3.8, 4) is 39.9 Å². The first-order valence-corrected chi connectivity index (χ1v) is 7.39. The fourth-order valence-corrected chi connectivity index (χ4v) is 2.85. The number of aldehydes is 1. The van der Waals surface area contributed by atoms with Gasteiger partial charge in [-0.3, -0.25) is 4.79 Å². The maximum atomic E-state index is 11.6. The quantitative estimate of drug-likeness (QED) is 0.630. The zero-order chi connectivity index (χ0) is 18.1. The summed E-state index contributed by atoms with van der Waals surface area (Å²) in [5, 5.41) is 31.3. The number of aromatic hydroxyl groups is 3. The number of carbonyl (C=O) groups is 1. The number of phenols is 3. The van der Waals surface area contributed by atoms with E-state index in [9.17, 15) is 20.1 Å². The third-order valence-electron chi connectivity index (χ3n) is 4.04. The van der Waals surface area contributed by atoms with Gasteiger partial charge in [0.1, 0.15) is 5.75 Å². The molecule has 0 aliphatic heterocycles. The number of fused-ring (bicyclic) bond motifs is 1. The standard InChI is InChI=1S/C19H16O6/c1-24-17-6-10(3-4-14(17)21)19-12-8-16(23)18(25-2)7-11(12)5-15(22)13(19)9-20/h3-9,21-23H,1-2H3. The van der Waals surface area contributed by atoms with Gasteiger partial charge in [0, 0.05) is 5.56 Å². The second-order valence-electron chi connectivity index (χ2n) is 5.43. The Balaban J connectivity index is 2.42. The van der Waals surface area contributed by atoms with Crippen molar-refractivity contribution in [1.82, 2.24) is 0 Å². The number of hydrogen-bond donors (Lipinski definition) is 3. The van der Waals surface area contributed by atoms with Crippen LogP contribution in [0.5, 0.6) is 28.7 Å². The van der Waals surface area contributed by atoms with Crippen LogP contribution in [0.3, 0.4) is 0 Å². The topological polar surface area (TPSA) is 96.2 Å². The second kappa shape index (κ2) is 6.24. The molecule has 0 aliphatic rings. The van der Waals surface area contributed by atoms with Gasteiger partial charge in [0.2, 0.25) is 0 Å². The van der Waals surface area contributed by atoms with Gasteiger partial charge in [-0.2, -0.15) is 0 Å². The van der Waals surface area contributed by atoms with Crippen molar-refractivity contribution in [1.29, 1.82) is 0 Å². The molecule has 0 aromatic heterocycles. The molecule has 0 bridgehead atoms. The molecule has 3 N–H and O–H groups in total. The van der Waals surface area contributed by atoms with Gasteiger partial charge in [-0.25, -0.2) is 0 Å². The normalized spacial score (nSPS) is 10.6. The maximum absolute atomic E-state index is 11.6. The number of phenolic OH excluding ortho intramolecular Hbond substituents is 3. The predicted octanol–water partition coefficient (Wildman–Crippen LogP) is 3.45. The summed E-state index contributed by atoms with van der Waals surface area (Å²) in [6, 6.07) is 9.05. The summed E-state index contributed by atoms with van der Waals surface area (Å²) in [4.78, 5) is 11.6. The lowest BCUT2D eigenvalue weighted by Crippen LogP contribution is -1.94. The minimum absolute atomic E-state index is 0.0483. The molecule has 3 aromatic carbocycles. The molecule has 0 heterocycles. The summed E-state index contributed by atoms with van der Waals surface area (Å²) < 4.78 is 10.2. The summed E-state index contributed by atoms with van der Waals surface area (Å²) in [7, 11) is 2.84. The van der Waals surface area contributed by atoms with Crippen LogP contribution in [-0.4, -0.2) is 35.8 Å². The Labute approximate surface area is 143 Å². The van der Waals surface area contributed by atoms with E-state index in [0.29, 0.717) is 28.2 Å². The molecular formula is C19H16O6. The van der Waals surface area contributed by atoms with Gasteiger partial charge in [-0.05, 0) is 46.7 Å². The minimum Gasteiger partial charge on any atom is -0.507 e. The number of hydrogen-bond acceptors (Lipinski definition) is 6. The zero-order valence-corrected chi connectivity index (χ0v) is 13.6. The predicted molar refractivity (Wildman–Crippen MR) is 92.9 cm³/mol. The summed E-state index contributed by atoms with van der Waals surface area (Å²) in [6.07, 6.45) is 0.546. The van der Waals surface area contributed by atoms with Gasteiger partial charge in [-0.15, -0.1) is 0 Å². The first kappa shape index (κ1) is 16.4. The molecule has 128 valence electrons. The summed E-state index contributed by atoms with van der Waals surface area (Å²) in [6.45, 7) is 0. The molecule has 0 saturated heterocycles. The zero-order valence-electron chi connectivity index (χ0n) is 13.6. The van der Waals surface area contributed by atoms with E-state index in [1.165, 1.54) is 32.4 Å². The van der Waals surface area contributed by atoms with Crippen LogP contribution in [0.25, 0.3) is 21.9 Å². The third-order valence-corrected chi connectivity index (χ3v) is 4.04. The van der Waals surface area contributed by atoms with Gasteiger partial charge in [0.15, 0.2) is 29.3 Å². The van der Waals surface area contributed by atoms with Crippen molar-refractivity contribution < 1.29 is 29.6 Å². The highest BCUT2D eigenvalue weighted by molar-refractivity contribution is 6.07. The average molecular weight is 340 g/mol. The largest absolute Gasteiger partial charge is 0.507 e. The van der Waals surface area contributed by atoms with E-state index in [1.807, 2.05) is 0 Å². The van der Waals surface area contributed by atoms with E-state index >= 15 is 0 Å². The van der Waals surface area contributed by atoms with Crippen LogP contribution in [0.1, 0.15) is 10.4 Å². The lowest BCUT2D eigenvalue weighted by atomic mass is 9.92. The van der Waals surface area contributed by atoms with E-state index in [0.717, 1.165) is 0 Å². The van der Waals surface area contributed by atoms with E-state index < -0.39 is 0 Å². The maximum Gasteiger partial charge on any atom is 0.161 e. The van der Waals surface area contributed by atoms with E-state index in [1.54, 1.807) is 18.2 Å². The Morgan fingerprint density at radius 3 is 2.16 bits per heavy atom. The molecule has 0 unspecified atom stereocenters. The van der Waals surface area contributed by atoms with Crippen LogP contribution in [0.15, 0.2) is 36.4 Å². The highest BCUT2D eigenvalue weighted by atomic mass is 16.5. The number of ether oxygens (including phenoxy) is 2. The molecule has 0 atom stereocenters. The Kier molecular flexibility index (Phi) is 4.10. The SMILES string of the molecule is COc1cc(-c2c(C=O)c(O)cc3cc(OC)c(O)cc23)ccc1O. The van der Waals surface area contributed by atoms with E-state index in [2.05, 4.69) is 0 Å². The number of rotatable bonds is 4. The molecule has 25 heavy (non-hydrogen) atoms. The van der Waals surface area contributed by atoms with Gasteiger partial charge >= 0.3 is 0 Å². The number of carbonyl (C=O) groups excluding carboxylic acids is 1. The molecule has 0 fully saturated rings. The van der Waals surface area contributed by atoms with Gasteiger partial charge in [0.25, 0.3) is 0 Å². The third kappa shape index (κ3) is 2.67. The average Bonchev–Trinajstić information content (AvgIpc) is 2.61. The molecule has 0 aliphatic carbocycles. The lowest BCUT2D eigenvalue weighted by Gasteiger charge is -2.15. The smallest absolute Gasteiger partial charge is 0.161 e. The Hall–Kier alpha value is -3.41. The van der Waals surface area contributed by atoms with Crippen LogP contribution in [0, 0.1) is 0 Å².